The van der Waals surface area contributed by atoms with Crippen molar-refractivity contribution in [2.45, 2.75) is 24.0 Å². The van der Waals surface area contributed by atoms with Crippen LogP contribution in [0.1, 0.15) is 18.5 Å². The molecule has 8 heteroatoms. The number of halogens is 1. The van der Waals surface area contributed by atoms with E-state index in [2.05, 4.69) is 4.98 Å². The van der Waals surface area contributed by atoms with Crippen LogP contribution in [0.15, 0.2) is 4.21 Å². The number of hydrogen-bond donors (Lipinski definition) is 0. The van der Waals surface area contributed by atoms with Gasteiger partial charge in [0.15, 0.2) is 8.68 Å². The third kappa shape index (κ3) is 3.88. The summed E-state index contributed by atoms with van der Waals surface area (Å²) >= 11 is 6.73. The first-order valence-corrected chi connectivity index (χ1v) is 8.71. The Morgan fingerprint density at radius 3 is 2.74 bits per heavy atom. The molecule has 0 radical (unpaired) electrons. The molecule has 1 aromatic rings. The molecule has 0 saturated heterocycles. The molecule has 0 amide bonds. The van der Waals surface area contributed by atoms with E-state index >= 15 is 0 Å². The molecule has 1 aliphatic rings. The second-order valence-corrected chi connectivity index (χ2v) is 8.51. The van der Waals surface area contributed by atoms with Gasteiger partial charge in [0.25, 0.3) is 10.0 Å². The Kier molecular flexibility index (Phi) is 4.84. The molecule has 0 aromatic carbocycles. The lowest BCUT2D eigenvalue weighted by atomic mass is 10.5. The molecule has 2 rings (SSSR count). The van der Waals surface area contributed by atoms with Gasteiger partial charge in [0.2, 0.25) is 0 Å². The van der Waals surface area contributed by atoms with Crippen molar-refractivity contribution in [1.82, 2.24) is 9.29 Å². The van der Waals surface area contributed by atoms with E-state index in [0.29, 0.717) is 24.8 Å². The fourth-order valence-electron chi connectivity index (χ4n) is 1.58. The van der Waals surface area contributed by atoms with E-state index in [4.69, 9.17) is 16.3 Å². The van der Waals surface area contributed by atoms with Gasteiger partial charge in [-0.3, -0.25) is 0 Å². The zero-order valence-corrected chi connectivity index (χ0v) is 13.3. The molecule has 5 nitrogen and oxygen atoms in total. The van der Waals surface area contributed by atoms with Gasteiger partial charge in [0, 0.05) is 20.2 Å². The first-order chi connectivity index (χ1) is 8.91. The molecule has 108 valence electrons. The van der Waals surface area contributed by atoms with Crippen molar-refractivity contribution >= 4 is 33.0 Å². The Morgan fingerprint density at radius 2 is 2.21 bits per heavy atom. The summed E-state index contributed by atoms with van der Waals surface area (Å²) in [6.45, 7) is 3.13. The first kappa shape index (κ1) is 15.2. The molecule has 1 aliphatic carbocycles. The standard InChI is InChI=1S/C11H17ClN2O3S2/c1-8-10(18-11(12)13-8)19(15,16)14(2)5-6-17-7-9-3-4-9/h9H,3-7H2,1-2H3. The Balaban J connectivity index is 1.92. The molecular formula is C11H17ClN2O3S2. The smallest absolute Gasteiger partial charge is 0.254 e. The van der Waals surface area contributed by atoms with Crippen molar-refractivity contribution in [2.24, 2.45) is 5.92 Å². The SMILES string of the molecule is Cc1nc(Cl)sc1S(=O)(=O)N(C)CCOCC1CC1. The number of nitrogens with zero attached hydrogens (tertiary/aromatic N) is 2. The van der Waals surface area contributed by atoms with E-state index in [0.717, 1.165) is 17.9 Å². The van der Waals surface area contributed by atoms with E-state index in [1.54, 1.807) is 14.0 Å². The second kappa shape index (κ2) is 6.05. The lowest BCUT2D eigenvalue weighted by molar-refractivity contribution is 0.117. The van der Waals surface area contributed by atoms with E-state index in [1.165, 1.54) is 17.1 Å². The second-order valence-electron chi connectivity index (χ2n) is 4.68. The molecule has 0 bridgehead atoms. The topological polar surface area (TPSA) is 59.5 Å². The van der Waals surface area contributed by atoms with E-state index in [1.807, 2.05) is 0 Å². The van der Waals surface area contributed by atoms with Gasteiger partial charge in [-0.1, -0.05) is 22.9 Å². The Morgan fingerprint density at radius 1 is 1.53 bits per heavy atom. The van der Waals surface area contributed by atoms with Gasteiger partial charge in [-0.25, -0.2) is 13.4 Å². The van der Waals surface area contributed by atoms with Gasteiger partial charge < -0.3 is 4.74 Å². The van der Waals surface area contributed by atoms with Crippen molar-refractivity contribution in [3.05, 3.63) is 10.2 Å². The van der Waals surface area contributed by atoms with Gasteiger partial charge in [-0.15, -0.1) is 0 Å². The van der Waals surface area contributed by atoms with Crippen LogP contribution in [0.4, 0.5) is 0 Å². The molecule has 0 unspecified atom stereocenters. The van der Waals surface area contributed by atoms with Gasteiger partial charge in [0.05, 0.1) is 12.3 Å². The van der Waals surface area contributed by atoms with Crippen LogP contribution in [-0.2, 0) is 14.8 Å². The van der Waals surface area contributed by atoms with Crippen LogP contribution >= 0.6 is 22.9 Å². The number of aryl methyl sites for hydroxylation is 1. The maximum atomic E-state index is 12.3. The molecule has 0 atom stereocenters. The van der Waals surface area contributed by atoms with Crippen molar-refractivity contribution in [3.8, 4) is 0 Å². The maximum Gasteiger partial charge on any atom is 0.254 e. The van der Waals surface area contributed by atoms with Crippen LogP contribution in [0.3, 0.4) is 0 Å². The quantitative estimate of drug-likeness (QED) is 0.721. The summed E-state index contributed by atoms with van der Waals surface area (Å²) < 4.78 is 31.8. The summed E-state index contributed by atoms with van der Waals surface area (Å²) in [4.78, 5) is 3.93. The van der Waals surface area contributed by atoms with Crippen LogP contribution in [0.25, 0.3) is 0 Å². The zero-order valence-electron chi connectivity index (χ0n) is 10.9. The fraction of sp³-hybridized carbons (Fsp3) is 0.727. The third-order valence-electron chi connectivity index (χ3n) is 2.97. The van der Waals surface area contributed by atoms with Gasteiger partial charge in [0.1, 0.15) is 0 Å². The normalized spacial score (nSPS) is 16.2. The van der Waals surface area contributed by atoms with Crippen molar-refractivity contribution in [3.63, 3.8) is 0 Å². The number of thiazole rings is 1. The summed E-state index contributed by atoms with van der Waals surface area (Å²) in [5.41, 5.74) is 0.445. The average molecular weight is 325 g/mol. The van der Waals surface area contributed by atoms with Crippen LogP contribution in [-0.4, -0.2) is 44.5 Å². The molecule has 0 N–H and O–H groups in total. The van der Waals surface area contributed by atoms with Crippen LogP contribution in [0.2, 0.25) is 4.47 Å². The van der Waals surface area contributed by atoms with E-state index in [-0.39, 0.29) is 8.68 Å². The number of hydrogen-bond acceptors (Lipinski definition) is 5. The molecule has 0 spiro atoms. The number of likely N-dealkylation sites (N-methyl/N-ethyl adjacent to an activating group) is 1. The molecule has 19 heavy (non-hydrogen) atoms. The number of aromatic nitrogens is 1. The molecule has 1 heterocycles. The molecule has 0 aliphatic heterocycles. The number of ether oxygens (including phenoxy) is 1. The number of sulfonamides is 1. The van der Waals surface area contributed by atoms with E-state index in [9.17, 15) is 8.42 Å². The minimum absolute atomic E-state index is 0.210. The van der Waals surface area contributed by atoms with Crippen molar-refractivity contribution in [2.75, 3.05) is 26.8 Å². The molecular weight excluding hydrogens is 308 g/mol. The van der Waals surface area contributed by atoms with Gasteiger partial charge >= 0.3 is 0 Å². The van der Waals surface area contributed by atoms with Crippen molar-refractivity contribution < 1.29 is 13.2 Å². The summed E-state index contributed by atoms with van der Waals surface area (Å²) in [7, 11) is -1.96. The highest BCUT2D eigenvalue weighted by molar-refractivity contribution is 7.91. The Hall–Kier alpha value is -0.210. The molecule has 1 aromatic heterocycles. The average Bonchev–Trinajstić information content (AvgIpc) is 3.09. The summed E-state index contributed by atoms with van der Waals surface area (Å²) in [6, 6.07) is 0. The number of rotatable bonds is 7. The third-order valence-corrected chi connectivity index (χ3v) is 6.68. The van der Waals surface area contributed by atoms with Gasteiger partial charge in [-0.05, 0) is 25.7 Å². The summed E-state index contributed by atoms with van der Waals surface area (Å²) in [6.07, 6.45) is 2.46. The lowest BCUT2D eigenvalue weighted by Crippen LogP contribution is -2.30. The maximum absolute atomic E-state index is 12.3. The highest BCUT2D eigenvalue weighted by Gasteiger charge is 2.26. The minimum Gasteiger partial charge on any atom is -0.380 e. The highest BCUT2D eigenvalue weighted by atomic mass is 35.5. The summed E-state index contributed by atoms with van der Waals surface area (Å²) in [5.74, 6) is 0.685. The lowest BCUT2D eigenvalue weighted by Gasteiger charge is -2.16. The van der Waals surface area contributed by atoms with Crippen LogP contribution < -0.4 is 0 Å². The largest absolute Gasteiger partial charge is 0.380 e. The van der Waals surface area contributed by atoms with Crippen LogP contribution in [0.5, 0.6) is 0 Å². The minimum atomic E-state index is -3.51. The Bertz CT molecular complexity index is 540. The van der Waals surface area contributed by atoms with Gasteiger partial charge in [-0.2, -0.15) is 4.31 Å². The molecule has 1 saturated carbocycles. The van der Waals surface area contributed by atoms with Crippen molar-refractivity contribution in [1.29, 1.82) is 0 Å². The summed E-state index contributed by atoms with van der Waals surface area (Å²) in [5, 5.41) is 0. The predicted octanol–water partition coefficient (Wildman–Crippen LogP) is 2.15. The molecule has 1 fully saturated rings. The first-order valence-electron chi connectivity index (χ1n) is 6.08. The van der Waals surface area contributed by atoms with E-state index < -0.39 is 10.0 Å². The van der Waals surface area contributed by atoms with Crippen LogP contribution in [0, 0.1) is 12.8 Å². The fourth-order valence-corrected chi connectivity index (χ4v) is 4.66. The zero-order chi connectivity index (χ0) is 14.0. The monoisotopic (exact) mass is 324 g/mol. The highest BCUT2D eigenvalue weighted by Crippen LogP contribution is 2.29. The predicted molar refractivity (Wildman–Crippen MR) is 75.2 cm³/mol. The Labute approximate surface area is 122 Å².